The van der Waals surface area contributed by atoms with Crippen molar-refractivity contribution in [3.63, 3.8) is 0 Å². The number of hydrogen-bond donors (Lipinski definition) is 1. The van der Waals surface area contributed by atoms with Crippen molar-refractivity contribution in [3.05, 3.63) is 51.9 Å². The van der Waals surface area contributed by atoms with Crippen LogP contribution in [0.1, 0.15) is 29.3 Å². The molecule has 3 aromatic rings. The Balaban J connectivity index is 1.42. The summed E-state index contributed by atoms with van der Waals surface area (Å²) >= 11 is 7.46. The lowest BCUT2D eigenvalue weighted by Gasteiger charge is -2.29. The molecular weight excluding hydrogens is 451 g/mol. The van der Waals surface area contributed by atoms with E-state index in [1.807, 2.05) is 0 Å². The number of nitrogens with zero attached hydrogens (tertiary/aromatic N) is 5. The molecule has 8 nitrogen and oxygen atoms in total. The zero-order chi connectivity index (χ0) is 21.3. The van der Waals surface area contributed by atoms with Crippen LogP contribution in [0.5, 0.6) is 0 Å². The lowest BCUT2D eigenvalue weighted by atomic mass is 10.0. The van der Waals surface area contributed by atoms with Gasteiger partial charge in [0.25, 0.3) is 0 Å². The van der Waals surface area contributed by atoms with Crippen LogP contribution in [0.4, 0.5) is 15.3 Å². The minimum atomic E-state index is -3.21. The number of piperidine rings is 1. The Morgan fingerprint density at radius 1 is 1.33 bits per heavy atom. The fourth-order valence-electron chi connectivity index (χ4n) is 3.37. The van der Waals surface area contributed by atoms with Crippen molar-refractivity contribution in [1.29, 1.82) is 0 Å². The number of nitrogens with one attached hydrogen (secondary N) is 1. The zero-order valence-corrected chi connectivity index (χ0v) is 18.5. The third-order valence-corrected chi connectivity index (χ3v) is 7.53. The third-order valence-electron chi connectivity index (χ3n) is 4.90. The summed E-state index contributed by atoms with van der Waals surface area (Å²) in [6.45, 7) is 1.17. The van der Waals surface area contributed by atoms with Crippen molar-refractivity contribution in [2.75, 3.05) is 24.7 Å². The molecule has 4 rings (SSSR count). The second-order valence-electron chi connectivity index (χ2n) is 7.13. The lowest BCUT2D eigenvalue weighted by Crippen LogP contribution is -2.38. The van der Waals surface area contributed by atoms with Gasteiger partial charge in [-0.15, -0.1) is 10.2 Å². The molecule has 30 heavy (non-hydrogen) atoms. The summed E-state index contributed by atoms with van der Waals surface area (Å²) < 4.78 is 40.7. The summed E-state index contributed by atoms with van der Waals surface area (Å²) in [6.07, 6.45) is 4.62. The van der Waals surface area contributed by atoms with Crippen molar-refractivity contribution in [2.24, 2.45) is 0 Å². The Hall–Kier alpha value is -2.08. The van der Waals surface area contributed by atoms with Crippen molar-refractivity contribution in [1.82, 2.24) is 24.3 Å². The fraction of sp³-hybridized carbons (Fsp3) is 0.389. The highest BCUT2D eigenvalue weighted by Gasteiger charge is 2.29. The molecule has 0 spiro atoms. The van der Waals surface area contributed by atoms with Gasteiger partial charge >= 0.3 is 0 Å². The first kappa shape index (κ1) is 21.2. The van der Waals surface area contributed by atoms with Gasteiger partial charge in [-0.25, -0.2) is 17.1 Å². The molecular formula is C18H20ClFN6O2S2. The molecule has 1 atom stereocenters. The van der Waals surface area contributed by atoms with Gasteiger partial charge in [-0.1, -0.05) is 29.0 Å². The predicted octanol–water partition coefficient (Wildman–Crippen LogP) is 3.46. The van der Waals surface area contributed by atoms with Gasteiger partial charge in [0.2, 0.25) is 15.2 Å². The van der Waals surface area contributed by atoms with Crippen LogP contribution in [0.2, 0.25) is 5.02 Å². The largest absolute Gasteiger partial charge is 0.313 e. The number of anilines is 2. The van der Waals surface area contributed by atoms with Crippen molar-refractivity contribution in [3.8, 4) is 0 Å². The summed E-state index contributed by atoms with van der Waals surface area (Å²) in [5, 5.41) is 17.6. The van der Waals surface area contributed by atoms with Crippen LogP contribution >= 0.6 is 22.9 Å². The maximum absolute atomic E-state index is 14.0. The van der Waals surface area contributed by atoms with E-state index in [1.165, 1.54) is 28.0 Å². The quantitative estimate of drug-likeness (QED) is 0.593. The summed E-state index contributed by atoms with van der Waals surface area (Å²) in [5.41, 5.74) is 0.375. The summed E-state index contributed by atoms with van der Waals surface area (Å²) in [7, 11) is -3.21. The second-order valence-corrected chi connectivity index (χ2v) is 10.5. The third kappa shape index (κ3) is 4.80. The molecule has 0 aliphatic carbocycles. The number of rotatable bonds is 6. The molecule has 2 aromatic heterocycles. The molecule has 0 saturated carbocycles. The van der Waals surface area contributed by atoms with Gasteiger partial charge in [0.05, 0.1) is 12.8 Å². The molecule has 12 heteroatoms. The van der Waals surface area contributed by atoms with Gasteiger partial charge in [-0.3, -0.25) is 4.68 Å². The molecule has 1 aliphatic heterocycles. The van der Waals surface area contributed by atoms with E-state index >= 15 is 0 Å². The molecule has 1 aliphatic rings. The van der Waals surface area contributed by atoms with Crippen molar-refractivity contribution in [2.45, 2.75) is 25.3 Å². The molecule has 1 saturated heterocycles. The molecule has 0 radical (unpaired) electrons. The number of aromatic nitrogens is 4. The molecule has 1 unspecified atom stereocenters. The molecule has 1 fully saturated rings. The normalized spacial score (nSPS) is 17.9. The fourth-order valence-corrected chi connectivity index (χ4v) is 5.38. The Bertz CT molecular complexity index is 1130. The zero-order valence-electron chi connectivity index (χ0n) is 16.1. The van der Waals surface area contributed by atoms with E-state index in [1.54, 1.807) is 29.1 Å². The summed E-state index contributed by atoms with van der Waals surface area (Å²) in [5.74, 6) is 0.200. The topological polar surface area (TPSA) is 93.0 Å². The first-order valence-corrected chi connectivity index (χ1v) is 12.4. The van der Waals surface area contributed by atoms with Crippen LogP contribution < -0.4 is 5.32 Å². The van der Waals surface area contributed by atoms with Crippen LogP contribution in [-0.2, 0) is 16.6 Å². The average molecular weight is 471 g/mol. The maximum atomic E-state index is 14.0. The van der Waals surface area contributed by atoms with E-state index in [0.29, 0.717) is 34.6 Å². The monoisotopic (exact) mass is 470 g/mol. The first-order chi connectivity index (χ1) is 14.3. The van der Waals surface area contributed by atoms with Gasteiger partial charge in [0, 0.05) is 41.9 Å². The van der Waals surface area contributed by atoms with E-state index in [0.717, 1.165) is 17.8 Å². The number of benzene rings is 1. The van der Waals surface area contributed by atoms with Gasteiger partial charge in [-0.05, 0) is 25.0 Å². The van der Waals surface area contributed by atoms with Gasteiger partial charge in [0.1, 0.15) is 10.8 Å². The van der Waals surface area contributed by atoms with Gasteiger partial charge < -0.3 is 5.32 Å². The highest BCUT2D eigenvalue weighted by atomic mass is 35.5. The number of hydrogen-bond acceptors (Lipinski definition) is 7. The van der Waals surface area contributed by atoms with E-state index < -0.39 is 10.0 Å². The number of halogens is 2. The Kier molecular flexibility index (Phi) is 6.05. The SMILES string of the molecule is CS(=O)(=O)N1CCCC(c2nnc(Nc3ccn(Cc4c(F)cccc4Cl)n3)s2)C1. The average Bonchev–Trinajstić information content (AvgIpc) is 3.34. The minimum Gasteiger partial charge on any atom is -0.313 e. The Labute approximate surface area is 182 Å². The summed E-state index contributed by atoms with van der Waals surface area (Å²) in [6, 6.07) is 6.32. The smallest absolute Gasteiger partial charge is 0.211 e. The van der Waals surface area contributed by atoms with Crippen LogP contribution in [-0.4, -0.2) is 52.0 Å². The highest BCUT2D eigenvalue weighted by Crippen LogP contribution is 2.32. The number of sulfonamides is 1. The molecule has 1 aromatic carbocycles. The highest BCUT2D eigenvalue weighted by molar-refractivity contribution is 7.88. The minimum absolute atomic E-state index is 0.0299. The molecule has 0 bridgehead atoms. The van der Waals surface area contributed by atoms with E-state index in [-0.39, 0.29) is 18.3 Å². The predicted molar refractivity (Wildman–Crippen MR) is 114 cm³/mol. The molecule has 160 valence electrons. The van der Waals surface area contributed by atoms with Crippen molar-refractivity contribution < 1.29 is 12.8 Å². The van der Waals surface area contributed by atoms with Crippen LogP contribution in [0.15, 0.2) is 30.5 Å². The van der Waals surface area contributed by atoms with Crippen molar-refractivity contribution >= 4 is 43.9 Å². The van der Waals surface area contributed by atoms with Crippen LogP contribution in [0.3, 0.4) is 0 Å². The summed E-state index contributed by atoms with van der Waals surface area (Å²) in [4.78, 5) is 0. The standard InChI is InChI=1S/C18H20ClFN6O2S2/c1-30(27,28)26-8-3-4-12(10-26)17-22-23-18(29-17)21-16-7-9-25(24-16)11-13-14(19)5-2-6-15(13)20/h2,5-7,9,12H,3-4,8,10-11H2,1H3,(H,21,23,24). The molecule has 3 heterocycles. The lowest BCUT2D eigenvalue weighted by molar-refractivity contribution is 0.316. The Morgan fingerprint density at radius 3 is 2.93 bits per heavy atom. The molecule has 0 amide bonds. The van der Waals surface area contributed by atoms with Crippen LogP contribution in [0, 0.1) is 5.82 Å². The maximum Gasteiger partial charge on any atom is 0.211 e. The van der Waals surface area contributed by atoms with E-state index in [2.05, 4.69) is 20.6 Å². The van der Waals surface area contributed by atoms with Gasteiger partial charge in [0.15, 0.2) is 5.82 Å². The van der Waals surface area contributed by atoms with E-state index in [9.17, 15) is 12.8 Å². The Morgan fingerprint density at radius 2 is 2.17 bits per heavy atom. The van der Waals surface area contributed by atoms with Crippen LogP contribution in [0.25, 0.3) is 0 Å². The second kappa shape index (κ2) is 8.58. The first-order valence-electron chi connectivity index (χ1n) is 9.31. The van der Waals surface area contributed by atoms with E-state index in [4.69, 9.17) is 11.6 Å². The van der Waals surface area contributed by atoms with Gasteiger partial charge in [-0.2, -0.15) is 5.10 Å². The molecule has 1 N–H and O–H groups in total.